The van der Waals surface area contributed by atoms with E-state index in [9.17, 15) is 10.1 Å². The molecular formula is C15H11N5O3. The summed E-state index contributed by atoms with van der Waals surface area (Å²) >= 11 is 0. The molecule has 0 spiro atoms. The van der Waals surface area contributed by atoms with Gasteiger partial charge in [-0.1, -0.05) is 18.2 Å². The van der Waals surface area contributed by atoms with Gasteiger partial charge in [-0.2, -0.15) is 0 Å². The van der Waals surface area contributed by atoms with Gasteiger partial charge in [0.1, 0.15) is 11.4 Å². The van der Waals surface area contributed by atoms with Crippen molar-refractivity contribution >= 4 is 16.6 Å². The molecule has 1 N–H and O–H groups in total. The monoisotopic (exact) mass is 309 g/mol. The third-order valence-corrected chi connectivity index (χ3v) is 3.61. The van der Waals surface area contributed by atoms with Gasteiger partial charge >= 0.3 is 0 Å². The average Bonchev–Trinajstić information content (AvgIpc) is 3.23. The fourth-order valence-corrected chi connectivity index (χ4v) is 2.48. The van der Waals surface area contributed by atoms with Gasteiger partial charge in [-0.15, -0.1) is 10.2 Å². The van der Waals surface area contributed by atoms with E-state index in [0.29, 0.717) is 17.3 Å². The standard InChI is InChI=1S/C15H11N5O3/c1-19-8-10(20(21)22)7-13(19)15-18-17-14(23-15)12-6-9-4-2-3-5-11(9)16-12/h2-8,16H,1H3. The van der Waals surface area contributed by atoms with E-state index in [1.165, 1.54) is 12.3 Å². The van der Waals surface area contributed by atoms with Gasteiger partial charge in [-0.3, -0.25) is 10.1 Å². The Morgan fingerprint density at radius 1 is 1.22 bits per heavy atom. The number of hydrogen-bond acceptors (Lipinski definition) is 5. The number of nitrogens with zero attached hydrogens (tertiary/aromatic N) is 4. The van der Waals surface area contributed by atoms with Gasteiger partial charge in [0.25, 0.3) is 17.5 Å². The number of aryl methyl sites for hydroxylation is 1. The molecule has 0 aliphatic carbocycles. The van der Waals surface area contributed by atoms with E-state index in [4.69, 9.17) is 4.42 Å². The molecule has 0 atom stereocenters. The van der Waals surface area contributed by atoms with Gasteiger partial charge in [0.2, 0.25) is 0 Å². The fourth-order valence-electron chi connectivity index (χ4n) is 2.48. The molecule has 0 saturated carbocycles. The van der Waals surface area contributed by atoms with Crippen LogP contribution in [0.25, 0.3) is 34.1 Å². The quantitative estimate of drug-likeness (QED) is 0.462. The lowest BCUT2D eigenvalue weighted by Gasteiger charge is -1.94. The molecule has 0 amide bonds. The van der Waals surface area contributed by atoms with Crippen LogP contribution in [-0.2, 0) is 7.05 Å². The van der Waals surface area contributed by atoms with Crippen LogP contribution < -0.4 is 0 Å². The van der Waals surface area contributed by atoms with Crippen LogP contribution in [0.3, 0.4) is 0 Å². The second kappa shape index (κ2) is 4.80. The number of H-pyrrole nitrogens is 1. The molecule has 4 aromatic rings. The van der Waals surface area contributed by atoms with E-state index in [0.717, 1.165) is 10.9 Å². The highest BCUT2D eigenvalue weighted by Crippen LogP contribution is 2.28. The van der Waals surface area contributed by atoms with Crippen LogP contribution in [-0.4, -0.2) is 24.7 Å². The summed E-state index contributed by atoms with van der Waals surface area (Å²) < 4.78 is 7.25. The molecule has 0 radical (unpaired) electrons. The van der Waals surface area contributed by atoms with Crippen molar-refractivity contribution in [1.29, 1.82) is 0 Å². The number of aromatic amines is 1. The molecule has 8 nitrogen and oxygen atoms in total. The van der Waals surface area contributed by atoms with Crippen molar-refractivity contribution in [1.82, 2.24) is 19.7 Å². The van der Waals surface area contributed by atoms with Gasteiger partial charge in [0, 0.05) is 24.0 Å². The van der Waals surface area contributed by atoms with Crippen LogP contribution in [0.5, 0.6) is 0 Å². The van der Waals surface area contributed by atoms with Gasteiger partial charge in [-0.25, -0.2) is 0 Å². The molecule has 3 heterocycles. The first-order valence-electron chi connectivity index (χ1n) is 6.84. The van der Waals surface area contributed by atoms with Crippen LogP contribution in [0.1, 0.15) is 0 Å². The average molecular weight is 309 g/mol. The SMILES string of the molecule is Cn1cc([N+](=O)[O-])cc1-c1nnc(-c2cc3ccccc3[nH]2)o1. The molecule has 0 unspecified atom stereocenters. The molecule has 3 aromatic heterocycles. The maximum Gasteiger partial charge on any atom is 0.287 e. The molecule has 0 aliphatic rings. The minimum absolute atomic E-state index is 0.0205. The zero-order valence-electron chi connectivity index (χ0n) is 12.1. The highest BCUT2D eigenvalue weighted by molar-refractivity contribution is 5.84. The molecule has 1 aromatic carbocycles. The van der Waals surface area contributed by atoms with Crippen LogP contribution in [0.2, 0.25) is 0 Å². The summed E-state index contributed by atoms with van der Waals surface area (Å²) in [5.41, 5.74) is 2.14. The lowest BCUT2D eigenvalue weighted by Crippen LogP contribution is -1.89. The number of benzene rings is 1. The van der Waals surface area contributed by atoms with E-state index in [2.05, 4.69) is 15.2 Å². The lowest BCUT2D eigenvalue weighted by molar-refractivity contribution is -0.384. The highest BCUT2D eigenvalue weighted by atomic mass is 16.6. The Balaban J connectivity index is 1.75. The summed E-state index contributed by atoms with van der Waals surface area (Å²) in [6.45, 7) is 0. The van der Waals surface area contributed by atoms with E-state index >= 15 is 0 Å². The third kappa shape index (κ3) is 2.16. The predicted molar refractivity (Wildman–Crippen MR) is 82.7 cm³/mol. The Kier molecular flexibility index (Phi) is 2.77. The van der Waals surface area contributed by atoms with Gasteiger partial charge in [-0.05, 0) is 12.1 Å². The summed E-state index contributed by atoms with van der Waals surface area (Å²) in [6.07, 6.45) is 1.40. The van der Waals surface area contributed by atoms with Crippen molar-refractivity contribution in [2.24, 2.45) is 7.05 Å². The number of nitrogens with one attached hydrogen (secondary N) is 1. The zero-order chi connectivity index (χ0) is 16.0. The lowest BCUT2D eigenvalue weighted by atomic mass is 10.2. The molecular weight excluding hydrogens is 298 g/mol. The first kappa shape index (κ1) is 13.3. The van der Waals surface area contributed by atoms with Crippen molar-refractivity contribution < 1.29 is 9.34 Å². The van der Waals surface area contributed by atoms with Crippen LogP contribution in [0.15, 0.2) is 47.0 Å². The van der Waals surface area contributed by atoms with Crippen LogP contribution in [0, 0.1) is 10.1 Å². The zero-order valence-corrected chi connectivity index (χ0v) is 12.1. The normalized spacial score (nSPS) is 11.2. The van der Waals surface area contributed by atoms with E-state index in [1.807, 2.05) is 30.3 Å². The number of rotatable bonds is 3. The van der Waals surface area contributed by atoms with Crippen molar-refractivity contribution in [3.8, 4) is 23.2 Å². The molecule has 4 rings (SSSR count). The van der Waals surface area contributed by atoms with Gasteiger partial charge < -0.3 is 14.0 Å². The molecule has 0 bridgehead atoms. The maximum absolute atomic E-state index is 10.8. The first-order valence-corrected chi connectivity index (χ1v) is 6.84. The second-order valence-corrected chi connectivity index (χ2v) is 5.13. The van der Waals surface area contributed by atoms with Crippen molar-refractivity contribution in [2.75, 3.05) is 0 Å². The van der Waals surface area contributed by atoms with Gasteiger partial charge in [0.05, 0.1) is 11.1 Å². The van der Waals surface area contributed by atoms with Crippen LogP contribution in [0.4, 0.5) is 5.69 Å². The Bertz CT molecular complexity index is 994. The minimum atomic E-state index is -0.460. The van der Waals surface area contributed by atoms with Crippen molar-refractivity contribution in [3.05, 3.63) is 52.7 Å². The molecule has 0 saturated heterocycles. The van der Waals surface area contributed by atoms with Crippen molar-refractivity contribution in [3.63, 3.8) is 0 Å². The Hall–Kier alpha value is -3.42. The minimum Gasteiger partial charge on any atom is -0.413 e. The number of fused-ring (bicyclic) bond motifs is 1. The first-order chi connectivity index (χ1) is 11.1. The summed E-state index contributed by atoms with van der Waals surface area (Å²) in [5.74, 6) is 0.564. The molecule has 114 valence electrons. The molecule has 8 heteroatoms. The molecule has 23 heavy (non-hydrogen) atoms. The number of aromatic nitrogens is 4. The summed E-state index contributed by atoms with van der Waals surface area (Å²) in [7, 11) is 1.69. The number of hydrogen-bond donors (Lipinski definition) is 1. The molecule has 0 fully saturated rings. The molecule has 0 aliphatic heterocycles. The Morgan fingerprint density at radius 3 is 2.74 bits per heavy atom. The predicted octanol–water partition coefficient (Wildman–Crippen LogP) is 3.13. The number of nitro groups is 1. The van der Waals surface area contributed by atoms with E-state index in [1.54, 1.807) is 11.6 Å². The topological polar surface area (TPSA) is 103 Å². The van der Waals surface area contributed by atoms with Crippen LogP contribution >= 0.6 is 0 Å². The Morgan fingerprint density at radius 2 is 2.00 bits per heavy atom. The smallest absolute Gasteiger partial charge is 0.287 e. The van der Waals surface area contributed by atoms with E-state index in [-0.39, 0.29) is 11.6 Å². The fraction of sp³-hybridized carbons (Fsp3) is 0.0667. The van der Waals surface area contributed by atoms with Gasteiger partial charge in [0.15, 0.2) is 0 Å². The van der Waals surface area contributed by atoms with E-state index < -0.39 is 4.92 Å². The highest BCUT2D eigenvalue weighted by Gasteiger charge is 2.19. The maximum atomic E-state index is 10.8. The second-order valence-electron chi connectivity index (χ2n) is 5.13. The Labute approximate surface area is 129 Å². The summed E-state index contributed by atoms with van der Waals surface area (Å²) in [6, 6.07) is 11.1. The largest absolute Gasteiger partial charge is 0.413 e. The number of para-hydroxylation sites is 1. The summed E-state index contributed by atoms with van der Waals surface area (Å²) in [5, 5.41) is 19.9. The summed E-state index contributed by atoms with van der Waals surface area (Å²) in [4.78, 5) is 13.6. The van der Waals surface area contributed by atoms with Crippen molar-refractivity contribution in [2.45, 2.75) is 0 Å². The third-order valence-electron chi connectivity index (χ3n) is 3.61.